The molecular formula is C21H15ClF3NO4. The Morgan fingerprint density at radius 1 is 1.13 bits per heavy atom. The Bertz CT molecular complexity index is 1200. The topological polar surface area (TPSA) is 68.5 Å². The Hall–Kier alpha value is -3.00. The lowest BCUT2D eigenvalue weighted by Crippen LogP contribution is -2.20. The van der Waals surface area contributed by atoms with Crippen LogP contribution in [0.15, 0.2) is 45.6 Å². The van der Waals surface area contributed by atoms with Gasteiger partial charge in [-0.25, -0.2) is 4.79 Å². The molecule has 1 aliphatic carbocycles. The van der Waals surface area contributed by atoms with E-state index in [4.69, 9.17) is 20.8 Å². The van der Waals surface area contributed by atoms with Crippen molar-refractivity contribution in [2.45, 2.75) is 25.4 Å². The summed E-state index contributed by atoms with van der Waals surface area (Å²) < 4.78 is 49.3. The van der Waals surface area contributed by atoms with E-state index in [0.717, 1.165) is 42.0 Å². The molecule has 0 spiro atoms. The first-order chi connectivity index (χ1) is 14.2. The van der Waals surface area contributed by atoms with Crippen molar-refractivity contribution in [3.63, 3.8) is 0 Å². The maximum atomic E-state index is 12.8. The molecule has 0 bridgehead atoms. The second-order valence-corrected chi connectivity index (χ2v) is 7.29. The summed E-state index contributed by atoms with van der Waals surface area (Å²) in [5, 5.41) is 3.10. The quantitative estimate of drug-likeness (QED) is 0.585. The van der Waals surface area contributed by atoms with Gasteiger partial charge < -0.3 is 14.5 Å². The molecule has 1 aliphatic rings. The van der Waals surface area contributed by atoms with Gasteiger partial charge in [-0.2, -0.15) is 13.2 Å². The number of ether oxygens (including phenoxy) is 1. The van der Waals surface area contributed by atoms with Crippen molar-refractivity contribution < 1.29 is 27.1 Å². The van der Waals surface area contributed by atoms with Crippen LogP contribution in [0.25, 0.3) is 11.0 Å². The number of alkyl halides is 3. The molecule has 0 saturated heterocycles. The molecule has 4 rings (SSSR count). The van der Waals surface area contributed by atoms with E-state index in [1.807, 2.05) is 0 Å². The summed E-state index contributed by atoms with van der Waals surface area (Å²) >= 11 is 5.87. The summed E-state index contributed by atoms with van der Waals surface area (Å²) in [6, 6.07) is 7.56. The molecule has 0 fully saturated rings. The molecular weight excluding hydrogens is 423 g/mol. The van der Waals surface area contributed by atoms with Gasteiger partial charge in [-0.3, -0.25) is 4.79 Å². The summed E-state index contributed by atoms with van der Waals surface area (Å²) in [6.45, 7) is -0.465. The predicted octanol–water partition coefficient (Wildman–Crippen LogP) is 4.97. The normalized spacial score (nSPS) is 13.3. The Labute approximate surface area is 173 Å². The summed E-state index contributed by atoms with van der Waals surface area (Å²) in [7, 11) is 0. The summed E-state index contributed by atoms with van der Waals surface area (Å²) in [6.07, 6.45) is -2.16. The number of anilines is 1. The van der Waals surface area contributed by atoms with Gasteiger partial charge >= 0.3 is 11.8 Å². The average Bonchev–Trinajstić information content (AvgIpc) is 3.18. The molecule has 1 N–H and O–H groups in total. The van der Waals surface area contributed by atoms with Crippen LogP contribution in [0.4, 0.5) is 18.9 Å². The van der Waals surface area contributed by atoms with E-state index < -0.39 is 24.3 Å². The number of hydrogen-bond donors (Lipinski definition) is 1. The van der Waals surface area contributed by atoms with Crippen LogP contribution in [-0.4, -0.2) is 12.5 Å². The van der Waals surface area contributed by atoms with Crippen LogP contribution in [0.5, 0.6) is 5.75 Å². The standard InChI is InChI=1S/C21H15ClF3NO4/c22-16-7-4-11(21(23,24)25)8-17(16)26-19(27)10-29-12-5-6-14-13-2-1-3-15(13)20(28)30-18(14)9-12/h4-9H,1-3,10H2,(H,26,27). The highest BCUT2D eigenvalue weighted by Crippen LogP contribution is 2.34. The second-order valence-electron chi connectivity index (χ2n) is 6.89. The van der Waals surface area contributed by atoms with Crippen LogP contribution >= 0.6 is 11.6 Å². The van der Waals surface area contributed by atoms with Crippen molar-refractivity contribution in [2.75, 3.05) is 11.9 Å². The van der Waals surface area contributed by atoms with Gasteiger partial charge in [0.15, 0.2) is 6.61 Å². The van der Waals surface area contributed by atoms with Crippen molar-refractivity contribution in [1.29, 1.82) is 0 Å². The van der Waals surface area contributed by atoms with Gasteiger partial charge in [0.1, 0.15) is 11.3 Å². The summed E-state index contributed by atoms with van der Waals surface area (Å²) in [5.74, 6) is -0.402. The molecule has 9 heteroatoms. The molecule has 0 saturated carbocycles. The van der Waals surface area contributed by atoms with Crippen LogP contribution < -0.4 is 15.7 Å². The van der Waals surface area contributed by atoms with E-state index in [2.05, 4.69) is 5.32 Å². The first-order valence-corrected chi connectivity index (χ1v) is 9.48. The van der Waals surface area contributed by atoms with Gasteiger partial charge in [0, 0.05) is 17.0 Å². The van der Waals surface area contributed by atoms with Gasteiger partial charge in [0.2, 0.25) is 0 Å². The second kappa shape index (κ2) is 7.68. The van der Waals surface area contributed by atoms with E-state index in [9.17, 15) is 22.8 Å². The van der Waals surface area contributed by atoms with Gasteiger partial charge in [-0.1, -0.05) is 11.6 Å². The Kier molecular flexibility index (Phi) is 5.19. The molecule has 1 amide bonds. The number of hydrogen-bond acceptors (Lipinski definition) is 4. The third-order valence-corrected chi connectivity index (χ3v) is 5.21. The van der Waals surface area contributed by atoms with Crippen molar-refractivity contribution in [1.82, 2.24) is 0 Å². The van der Waals surface area contributed by atoms with Gasteiger partial charge in [0.05, 0.1) is 16.3 Å². The smallest absolute Gasteiger partial charge is 0.416 e. The monoisotopic (exact) mass is 437 g/mol. The molecule has 156 valence electrons. The minimum atomic E-state index is -4.56. The van der Waals surface area contributed by atoms with E-state index >= 15 is 0 Å². The number of carbonyl (C=O) groups is 1. The number of halogens is 4. The minimum absolute atomic E-state index is 0.0299. The molecule has 5 nitrogen and oxygen atoms in total. The summed E-state index contributed by atoms with van der Waals surface area (Å²) in [4.78, 5) is 24.2. The highest BCUT2D eigenvalue weighted by Gasteiger charge is 2.31. The van der Waals surface area contributed by atoms with Crippen molar-refractivity contribution in [2.24, 2.45) is 0 Å². The Balaban J connectivity index is 1.47. The zero-order chi connectivity index (χ0) is 21.5. The maximum absolute atomic E-state index is 12.8. The zero-order valence-corrected chi connectivity index (χ0v) is 16.2. The largest absolute Gasteiger partial charge is 0.484 e. The fraction of sp³-hybridized carbons (Fsp3) is 0.238. The van der Waals surface area contributed by atoms with Gasteiger partial charge in [-0.05, 0) is 55.2 Å². The lowest BCUT2D eigenvalue weighted by atomic mass is 10.1. The molecule has 30 heavy (non-hydrogen) atoms. The number of rotatable bonds is 4. The maximum Gasteiger partial charge on any atom is 0.416 e. The predicted molar refractivity (Wildman–Crippen MR) is 105 cm³/mol. The first kappa shape index (κ1) is 20.3. The third kappa shape index (κ3) is 4.00. The fourth-order valence-electron chi connectivity index (χ4n) is 3.49. The SMILES string of the molecule is O=C(COc1ccc2c3c(c(=O)oc2c1)CCC3)Nc1cc(C(F)(F)F)ccc1Cl. The number of benzene rings is 2. The van der Waals surface area contributed by atoms with Crippen molar-refractivity contribution in [3.8, 4) is 5.75 Å². The van der Waals surface area contributed by atoms with Gasteiger partial charge in [-0.15, -0.1) is 0 Å². The number of amides is 1. The van der Waals surface area contributed by atoms with E-state index in [1.54, 1.807) is 12.1 Å². The molecule has 3 aromatic rings. The van der Waals surface area contributed by atoms with Crippen LogP contribution in [0.1, 0.15) is 23.1 Å². The fourth-order valence-corrected chi connectivity index (χ4v) is 3.65. The molecule has 0 aliphatic heterocycles. The number of fused-ring (bicyclic) bond motifs is 3. The highest BCUT2D eigenvalue weighted by molar-refractivity contribution is 6.33. The van der Waals surface area contributed by atoms with Gasteiger partial charge in [0.25, 0.3) is 5.91 Å². The van der Waals surface area contributed by atoms with Crippen LogP contribution in [0.3, 0.4) is 0 Å². The lowest BCUT2D eigenvalue weighted by molar-refractivity contribution is -0.137. The molecule has 0 radical (unpaired) electrons. The molecule has 1 heterocycles. The average molecular weight is 438 g/mol. The zero-order valence-electron chi connectivity index (χ0n) is 15.4. The highest BCUT2D eigenvalue weighted by atomic mass is 35.5. The molecule has 0 atom stereocenters. The molecule has 0 unspecified atom stereocenters. The molecule has 2 aromatic carbocycles. The van der Waals surface area contributed by atoms with Crippen LogP contribution in [-0.2, 0) is 23.8 Å². The lowest BCUT2D eigenvalue weighted by Gasteiger charge is -2.12. The summed E-state index contributed by atoms with van der Waals surface area (Å²) in [5.41, 5.74) is 0.571. The van der Waals surface area contributed by atoms with Crippen molar-refractivity contribution in [3.05, 3.63) is 68.5 Å². The third-order valence-electron chi connectivity index (χ3n) is 4.88. The minimum Gasteiger partial charge on any atom is -0.484 e. The number of carbonyl (C=O) groups excluding carboxylic acids is 1. The van der Waals surface area contributed by atoms with E-state index in [1.165, 1.54) is 6.07 Å². The van der Waals surface area contributed by atoms with E-state index in [-0.39, 0.29) is 22.1 Å². The van der Waals surface area contributed by atoms with E-state index in [0.29, 0.717) is 17.6 Å². The van der Waals surface area contributed by atoms with Crippen LogP contribution in [0, 0.1) is 0 Å². The first-order valence-electron chi connectivity index (χ1n) is 9.10. The Morgan fingerprint density at radius 3 is 2.67 bits per heavy atom. The number of nitrogens with one attached hydrogen (secondary N) is 1. The van der Waals surface area contributed by atoms with Crippen molar-refractivity contribution >= 4 is 34.2 Å². The number of aryl methyl sites for hydroxylation is 1. The Morgan fingerprint density at radius 2 is 1.90 bits per heavy atom. The van der Waals surface area contributed by atoms with Crippen LogP contribution in [0.2, 0.25) is 5.02 Å². The molecule has 1 aromatic heterocycles.